The Hall–Kier alpha value is -6.62. The monoisotopic (exact) mass is 624 g/mol. The van der Waals surface area contributed by atoms with Crippen LogP contribution in [-0.2, 0) is 0 Å². The number of nitriles is 2. The summed E-state index contributed by atoms with van der Waals surface area (Å²) >= 11 is 0. The first-order valence-electron chi connectivity index (χ1n) is 16.7. The van der Waals surface area contributed by atoms with E-state index in [2.05, 4.69) is 131 Å². The first-order valence-corrected chi connectivity index (χ1v) is 16.7. The Morgan fingerprint density at radius 3 is 1.94 bits per heavy atom. The molecule has 10 rings (SSSR count). The summed E-state index contributed by atoms with van der Waals surface area (Å²) in [5, 5.41) is 24.6. The molecule has 1 spiro atoms. The summed E-state index contributed by atoms with van der Waals surface area (Å²) in [5.74, 6) is 0.566. The van der Waals surface area contributed by atoms with Crippen LogP contribution in [0.1, 0.15) is 22.6 Å². The summed E-state index contributed by atoms with van der Waals surface area (Å²) < 4.78 is 2.16. The molecule has 0 saturated heterocycles. The van der Waals surface area contributed by atoms with Crippen LogP contribution >= 0.6 is 0 Å². The van der Waals surface area contributed by atoms with E-state index < -0.39 is 0 Å². The molecule has 1 fully saturated rings. The number of rotatable bonds is 4. The summed E-state index contributed by atoms with van der Waals surface area (Å²) in [4.78, 5) is 2.38. The number of anilines is 2. The third kappa shape index (κ3) is 3.66. The normalized spacial score (nSPS) is 19.7. The van der Waals surface area contributed by atoms with Crippen LogP contribution in [0.4, 0.5) is 11.4 Å². The molecule has 3 aliphatic rings. The fourth-order valence-electron chi connectivity index (χ4n) is 8.77. The lowest BCUT2D eigenvalue weighted by molar-refractivity contribution is 0.761. The largest absolute Gasteiger partial charge is 0.329 e. The predicted octanol–water partition coefficient (Wildman–Crippen LogP) is 10.6. The van der Waals surface area contributed by atoms with Gasteiger partial charge in [0, 0.05) is 33.9 Å². The van der Waals surface area contributed by atoms with Gasteiger partial charge in [-0.3, -0.25) is 0 Å². The Morgan fingerprint density at radius 1 is 0.592 bits per heavy atom. The van der Waals surface area contributed by atoms with Crippen molar-refractivity contribution in [1.29, 1.82) is 10.5 Å². The highest BCUT2D eigenvalue weighted by molar-refractivity contribution is 6.10. The molecule has 6 aromatic carbocycles. The zero-order valence-electron chi connectivity index (χ0n) is 26.5. The average Bonchev–Trinajstić information content (AvgIpc) is 3.61. The van der Waals surface area contributed by atoms with Gasteiger partial charge < -0.3 is 9.47 Å². The summed E-state index contributed by atoms with van der Waals surface area (Å²) in [6, 6.07) is 51.2. The Bertz CT molecular complexity index is 2590. The van der Waals surface area contributed by atoms with Gasteiger partial charge in [0.05, 0.1) is 39.1 Å². The van der Waals surface area contributed by atoms with Gasteiger partial charge in [0.1, 0.15) is 12.1 Å². The molecule has 1 saturated carbocycles. The lowest BCUT2D eigenvalue weighted by Crippen LogP contribution is -2.33. The minimum atomic E-state index is -0.330. The van der Waals surface area contributed by atoms with E-state index in [0.29, 0.717) is 16.8 Å². The Balaban J connectivity index is 1.32. The molecule has 0 amide bonds. The highest BCUT2D eigenvalue weighted by atomic mass is 15.3. The van der Waals surface area contributed by atoms with Crippen LogP contribution in [0.3, 0.4) is 0 Å². The van der Waals surface area contributed by atoms with Gasteiger partial charge in [0.15, 0.2) is 0 Å². The smallest absolute Gasteiger partial charge is 0.102 e. The summed E-state index contributed by atoms with van der Waals surface area (Å²) in [6.07, 6.45) is 8.87. The fourth-order valence-corrected chi connectivity index (χ4v) is 8.77. The lowest BCUT2D eigenvalue weighted by Gasteiger charge is -2.35. The van der Waals surface area contributed by atoms with Crippen LogP contribution in [0.5, 0.6) is 0 Å². The number of allylic oxidation sites excluding steroid dienone is 2. The summed E-state index contributed by atoms with van der Waals surface area (Å²) in [7, 11) is 0. The highest BCUT2D eigenvalue weighted by Gasteiger charge is 2.71. The molecule has 3 atom stereocenters. The van der Waals surface area contributed by atoms with Crippen molar-refractivity contribution in [3.8, 4) is 40.1 Å². The molecule has 0 N–H and O–H groups in total. The fraction of sp³-hybridized carbons (Fsp3) is 0.0667. The first-order chi connectivity index (χ1) is 24.2. The molecule has 2 aliphatic carbocycles. The van der Waals surface area contributed by atoms with Crippen molar-refractivity contribution in [2.45, 2.75) is 11.5 Å². The van der Waals surface area contributed by atoms with E-state index in [4.69, 9.17) is 0 Å². The third-order valence-electron chi connectivity index (χ3n) is 10.8. The Morgan fingerprint density at radius 2 is 1.22 bits per heavy atom. The standard InChI is InChI=1S/C45H28N4/c46-27-32-26-41(48-38-18-7-4-14-33(38)34-15-5-8-19-39(34)48)36(28-47)42(31-23-21-30(22-24-31)29-12-2-1-3-13-29)44(32)49-40-20-9-6-16-35(40)43-37-17-10-11-25-45(37,43)49/h1-26,37,43H. The molecule has 0 bridgehead atoms. The van der Waals surface area contributed by atoms with Crippen molar-refractivity contribution < 1.29 is 0 Å². The molecule has 0 radical (unpaired) electrons. The van der Waals surface area contributed by atoms with Crippen molar-refractivity contribution in [3.05, 3.63) is 174 Å². The number of hydrogen-bond donors (Lipinski definition) is 0. The molecule has 3 unspecified atom stereocenters. The quantitative estimate of drug-likeness (QED) is 0.196. The van der Waals surface area contributed by atoms with Gasteiger partial charge in [0.2, 0.25) is 0 Å². The number of para-hydroxylation sites is 3. The number of hydrogen-bond acceptors (Lipinski definition) is 3. The predicted molar refractivity (Wildman–Crippen MR) is 197 cm³/mol. The van der Waals surface area contributed by atoms with Gasteiger partial charge in [-0.1, -0.05) is 133 Å². The minimum Gasteiger partial charge on any atom is -0.329 e. The van der Waals surface area contributed by atoms with Crippen molar-refractivity contribution in [3.63, 3.8) is 0 Å². The van der Waals surface area contributed by atoms with Crippen LogP contribution in [0, 0.1) is 28.6 Å². The van der Waals surface area contributed by atoms with E-state index in [9.17, 15) is 10.5 Å². The lowest BCUT2D eigenvalue weighted by atomic mass is 9.90. The molecule has 1 aliphatic heterocycles. The average molecular weight is 625 g/mol. The summed E-state index contributed by atoms with van der Waals surface area (Å²) in [5.41, 5.74) is 10.5. The number of fused-ring (bicyclic) bond motifs is 6. The van der Waals surface area contributed by atoms with Crippen LogP contribution in [-0.4, -0.2) is 10.1 Å². The van der Waals surface area contributed by atoms with Gasteiger partial charge in [-0.15, -0.1) is 0 Å². The van der Waals surface area contributed by atoms with Gasteiger partial charge in [-0.05, 0) is 46.5 Å². The molecule has 7 aromatic rings. The van der Waals surface area contributed by atoms with E-state index >= 15 is 0 Å². The second kappa shape index (κ2) is 10.2. The van der Waals surface area contributed by atoms with Crippen LogP contribution in [0.15, 0.2) is 158 Å². The van der Waals surface area contributed by atoms with Gasteiger partial charge in [-0.25, -0.2) is 0 Å². The van der Waals surface area contributed by atoms with Crippen molar-refractivity contribution in [2.24, 2.45) is 5.92 Å². The first kappa shape index (κ1) is 27.5. The molecular weight excluding hydrogens is 597 g/mol. The molecule has 228 valence electrons. The van der Waals surface area contributed by atoms with Gasteiger partial charge in [-0.2, -0.15) is 10.5 Å². The van der Waals surface area contributed by atoms with Crippen LogP contribution in [0.25, 0.3) is 49.7 Å². The van der Waals surface area contributed by atoms with Gasteiger partial charge in [0.25, 0.3) is 0 Å². The maximum atomic E-state index is 11.3. The Labute approximate surface area is 284 Å². The molecule has 4 nitrogen and oxygen atoms in total. The van der Waals surface area contributed by atoms with Crippen molar-refractivity contribution in [2.75, 3.05) is 4.90 Å². The van der Waals surface area contributed by atoms with E-state index in [1.807, 2.05) is 48.5 Å². The Kier molecular flexibility index (Phi) is 5.72. The van der Waals surface area contributed by atoms with Crippen molar-refractivity contribution in [1.82, 2.24) is 4.57 Å². The highest BCUT2D eigenvalue weighted by Crippen LogP contribution is 2.73. The molecule has 49 heavy (non-hydrogen) atoms. The van der Waals surface area contributed by atoms with Gasteiger partial charge >= 0.3 is 0 Å². The topological polar surface area (TPSA) is 55.8 Å². The molecule has 2 heterocycles. The third-order valence-corrected chi connectivity index (χ3v) is 10.8. The molecule has 1 aromatic heterocycles. The second-order valence-electron chi connectivity index (χ2n) is 13.1. The minimum absolute atomic E-state index is 0.279. The zero-order valence-corrected chi connectivity index (χ0v) is 26.5. The van der Waals surface area contributed by atoms with Crippen molar-refractivity contribution >= 4 is 33.2 Å². The van der Waals surface area contributed by atoms with E-state index in [1.165, 1.54) is 5.56 Å². The molecule has 4 heteroatoms. The second-order valence-corrected chi connectivity index (χ2v) is 13.1. The maximum absolute atomic E-state index is 11.3. The SMILES string of the molecule is N#Cc1cc(-n2c3ccccc3c3ccccc32)c(C#N)c(-c2ccc(-c3ccccc3)cc2)c1N1c2ccccc2C2C3C=CC=CC321. The summed E-state index contributed by atoms with van der Waals surface area (Å²) in [6.45, 7) is 0. The van der Waals surface area contributed by atoms with Crippen LogP contribution in [0.2, 0.25) is 0 Å². The zero-order chi connectivity index (χ0) is 32.7. The van der Waals surface area contributed by atoms with E-state index in [-0.39, 0.29) is 17.4 Å². The number of benzene rings is 6. The number of nitrogens with zero attached hydrogens (tertiary/aromatic N) is 4. The van der Waals surface area contributed by atoms with E-state index in [1.54, 1.807) is 0 Å². The maximum Gasteiger partial charge on any atom is 0.102 e. The molecular formula is C45H28N4. The number of aromatic nitrogens is 1. The van der Waals surface area contributed by atoms with Crippen LogP contribution < -0.4 is 4.90 Å². The van der Waals surface area contributed by atoms with E-state index in [0.717, 1.165) is 55.4 Å².